The first kappa shape index (κ1) is 4.86. The third-order valence-corrected chi connectivity index (χ3v) is 5.46. The summed E-state index contributed by atoms with van der Waals surface area (Å²) in [5.41, 5.74) is 0. The lowest BCUT2D eigenvalue weighted by molar-refractivity contribution is -0.168. The topological polar surface area (TPSA) is 12.5 Å². The second kappa shape index (κ2) is 1.10. The summed E-state index contributed by atoms with van der Waals surface area (Å²) in [5.74, 6) is 6.79. The Hall–Kier alpha value is -0.0400. The SMILES string of the molecule is C1C[C@H]2C3C4[C@H]([C@H]5O[C@@H]5[C@@H]42)[C@H]13. The van der Waals surface area contributed by atoms with Gasteiger partial charge in [-0.05, 0) is 48.3 Å². The first-order chi connectivity index (χ1) is 5.47. The summed E-state index contributed by atoms with van der Waals surface area (Å²) in [6.45, 7) is 0. The van der Waals surface area contributed by atoms with Crippen LogP contribution in [0.25, 0.3) is 0 Å². The summed E-state index contributed by atoms with van der Waals surface area (Å²) >= 11 is 0. The Labute approximate surface area is 66.1 Å². The summed E-state index contributed by atoms with van der Waals surface area (Å²) in [7, 11) is 0. The number of hydrogen-bond acceptors (Lipinski definition) is 1. The van der Waals surface area contributed by atoms with Crippen LogP contribution in [-0.2, 0) is 4.74 Å². The van der Waals surface area contributed by atoms with Crippen molar-refractivity contribution in [2.24, 2.45) is 35.5 Å². The lowest BCUT2D eigenvalue weighted by atomic mass is 9.44. The van der Waals surface area contributed by atoms with Crippen LogP contribution in [0.4, 0.5) is 0 Å². The quantitative estimate of drug-likeness (QED) is 0.471. The third-order valence-electron chi connectivity index (χ3n) is 5.46. The molecule has 1 nitrogen and oxygen atoms in total. The molecule has 0 N–H and O–H groups in total. The van der Waals surface area contributed by atoms with Gasteiger partial charge in [0, 0.05) is 0 Å². The zero-order valence-electron chi connectivity index (χ0n) is 6.44. The van der Waals surface area contributed by atoms with Gasteiger partial charge in [-0.1, -0.05) is 0 Å². The van der Waals surface area contributed by atoms with Crippen LogP contribution in [0.1, 0.15) is 12.8 Å². The molecule has 58 valence electrons. The highest BCUT2D eigenvalue weighted by Crippen LogP contribution is 2.81. The van der Waals surface area contributed by atoms with Crippen molar-refractivity contribution in [3.8, 4) is 0 Å². The van der Waals surface area contributed by atoms with E-state index in [1.807, 2.05) is 0 Å². The Morgan fingerprint density at radius 1 is 0.727 bits per heavy atom. The van der Waals surface area contributed by atoms with E-state index in [2.05, 4.69) is 0 Å². The van der Waals surface area contributed by atoms with E-state index in [0.717, 1.165) is 35.9 Å². The lowest BCUT2D eigenvalue weighted by Crippen LogP contribution is -2.59. The van der Waals surface area contributed by atoms with Crippen LogP contribution in [0.3, 0.4) is 0 Å². The molecule has 4 aliphatic carbocycles. The molecule has 0 amide bonds. The van der Waals surface area contributed by atoms with Gasteiger partial charge in [0.15, 0.2) is 0 Å². The molecule has 0 aromatic heterocycles. The van der Waals surface area contributed by atoms with Crippen molar-refractivity contribution in [2.45, 2.75) is 25.0 Å². The molecule has 1 saturated heterocycles. The van der Waals surface area contributed by atoms with Crippen LogP contribution in [0.5, 0.6) is 0 Å². The van der Waals surface area contributed by atoms with Crippen LogP contribution in [-0.4, -0.2) is 12.2 Å². The van der Waals surface area contributed by atoms with Gasteiger partial charge in [-0.25, -0.2) is 0 Å². The van der Waals surface area contributed by atoms with Gasteiger partial charge < -0.3 is 4.74 Å². The molecule has 0 aromatic carbocycles. The molecule has 2 unspecified atom stereocenters. The summed E-state index contributed by atoms with van der Waals surface area (Å²) in [6, 6.07) is 0. The first-order valence-corrected chi connectivity index (χ1v) is 5.12. The maximum atomic E-state index is 5.72. The molecule has 5 rings (SSSR count). The molecular weight excluding hydrogens is 136 g/mol. The van der Waals surface area contributed by atoms with E-state index in [4.69, 9.17) is 4.74 Å². The van der Waals surface area contributed by atoms with Gasteiger partial charge in [0.25, 0.3) is 0 Å². The van der Waals surface area contributed by atoms with E-state index < -0.39 is 0 Å². The fourth-order valence-electron chi connectivity index (χ4n) is 5.29. The van der Waals surface area contributed by atoms with E-state index >= 15 is 0 Å². The molecule has 0 aromatic rings. The summed E-state index contributed by atoms with van der Waals surface area (Å²) in [6.07, 6.45) is 4.66. The van der Waals surface area contributed by atoms with Crippen molar-refractivity contribution < 1.29 is 4.74 Å². The molecule has 1 heterocycles. The molecule has 8 atom stereocenters. The maximum Gasteiger partial charge on any atom is 0.0878 e. The number of hydrogen-bond donors (Lipinski definition) is 0. The van der Waals surface area contributed by atoms with Crippen LogP contribution >= 0.6 is 0 Å². The Balaban J connectivity index is 1.77. The molecule has 0 spiro atoms. The summed E-state index contributed by atoms with van der Waals surface area (Å²) < 4.78 is 5.72. The number of epoxide rings is 1. The standard InChI is InChI=1S/C10H12O/c1-2-4-5-3(1)6-8(5)7(4)10-9(6)11-10/h3-10H,1-2H2/t3-,4+,5?,6-,7-,8?,9-,10-/m1/s1. The van der Waals surface area contributed by atoms with E-state index in [-0.39, 0.29) is 0 Å². The maximum absolute atomic E-state index is 5.72. The number of fused-ring (bicyclic) bond motifs is 5. The zero-order valence-corrected chi connectivity index (χ0v) is 6.44. The van der Waals surface area contributed by atoms with Crippen molar-refractivity contribution in [3.05, 3.63) is 0 Å². The fraction of sp³-hybridized carbons (Fsp3) is 1.00. The minimum absolute atomic E-state index is 0.775. The molecule has 4 saturated carbocycles. The van der Waals surface area contributed by atoms with Crippen molar-refractivity contribution in [1.82, 2.24) is 0 Å². The average molecular weight is 148 g/mol. The van der Waals surface area contributed by atoms with Gasteiger partial charge in [0.2, 0.25) is 0 Å². The lowest BCUT2D eigenvalue weighted by Gasteiger charge is -2.60. The second-order valence-corrected chi connectivity index (χ2v) is 5.28. The molecule has 5 fully saturated rings. The van der Waals surface area contributed by atoms with Gasteiger partial charge in [0.1, 0.15) is 0 Å². The molecule has 1 aliphatic heterocycles. The fourth-order valence-corrected chi connectivity index (χ4v) is 5.29. The van der Waals surface area contributed by atoms with Crippen LogP contribution in [0, 0.1) is 35.5 Å². The highest BCUT2D eigenvalue weighted by atomic mass is 16.6. The zero-order chi connectivity index (χ0) is 6.74. The largest absolute Gasteiger partial charge is 0.369 e. The van der Waals surface area contributed by atoms with Crippen molar-refractivity contribution in [3.63, 3.8) is 0 Å². The van der Waals surface area contributed by atoms with E-state index in [0.29, 0.717) is 0 Å². The number of rotatable bonds is 0. The van der Waals surface area contributed by atoms with Crippen LogP contribution < -0.4 is 0 Å². The van der Waals surface area contributed by atoms with Gasteiger partial charge >= 0.3 is 0 Å². The van der Waals surface area contributed by atoms with E-state index in [1.54, 1.807) is 12.8 Å². The highest BCUT2D eigenvalue weighted by Gasteiger charge is 2.82. The first-order valence-electron chi connectivity index (χ1n) is 5.12. The Morgan fingerprint density at radius 3 is 2.00 bits per heavy atom. The minimum Gasteiger partial charge on any atom is -0.369 e. The molecule has 11 heavy (non-hydrogen) atoms. The monoisotopic (exact) mass is 148 g/mol. The summed E-state index contributed by atoms with van der Waals surface area (Å²) in [5, 5.41) is 0. The van der Waals surface area contributed by atoms with Gasteiger partial charge in [-0.2, -0.15) is 0 Å². The van der Waals surface area contributed by atoms with Gasteiger partial charge in [-0.15, -0.1) is 0 Å². The van der Waals surface area contributed by atoms with E-state index in [1.165, 1.54) is 11.8 Å². The second-order valence-electron chi connectivity index (χ2n) is 5.28. The molecule has 5 aliphatic rings. The Morgan fingerprint density at radius 2 is 1.36 bits per heavy atom. The normalized spacial score (nSPS) is 85.1. The van der Waals surface area contributed by atoms with Crippen molar-refractivity contribution >= 4 is 0 Å². The molecule has 0 radical (unpaired) electrons. The van der Waals surface area contributed by atoms with Gasteiger partial charge in [0.05, 0.1) is 12.2 Å². The smallest absolute Gasteiger partial charge is 0.0878 e. The number of ether oxygens (including phenoxy) is 1. The Bertz CT molecular complexity index is 227. The molecular formula is C10H12O. The summed E-state index contributed by atoms with van der Waals surface area (Å²) in [4.78, 5) is 0. The third kappa shape index (κ3) is 0.286. The van der Waals surface area contributed by atoms with Gasteiger partial charge in [-0.3, -0.25) is 0 Å². The predicted molar refractivity (Wildman–Crippen MR) is 38.8 cm³/mol. The van der Waals surface area contributed by atoms with Crippen molar-refractivity contribution in [2.75, 3.05) is 0 Å². The average Bonchev–Trinajstić information content (AvgIpc) is 2.54. The van der Waals surface area contributed by atoms with Crippen LogP contribution in [0.2, 0.25) is 0 Å². The van der Waals surface area contributed by atoms with E-state index in [9.17, 15) is 0 Å². The molecule has 1 heteroatoms. The van der Waals surface area contributed by atoms with Crippen molar-refractivity contribution in [1.29, 1.82) is 0 Å². The minimum atomic E-state index is 0.775. The Kier molecular flexibility index (Phi) is 0.486. The van der Waals surface area contributed by atoms with Crippen LogP contribution in [0.15, 0.2) is 0 Å². The predicted octanol–water partition coefficient (Wildman–Crippen LogP) is 1.29. The highest BCUT2D eigenvalue weighted by molar-refractivity contribution is 5.29. The molecule has 0 bridgehead atoms.